The van der Waals surface area contributed by atoms with Gasteiger partial charge in [0.1, 0.15) is 0 Å². The summed E-state index contributed by atoms with van der Waals surface area (Å²) in [5.74, 6) is 0.787. The van der Waals surface area contributed by atoms with Gasteiger partial charge < -0.3 is 10.2 Å². The topological polar surface area (TPSA) is 32.3 Å². The number of rotatable bonds is 4. The van der Waals surface area contributed by atoms with E-state index in [0.29, 0.717) is 0 Å². The summed E-state index contributed by atoms with van der Waals surface area (Å²) < 4.78 is 0. The van der Waals surface area contributed by atoms with E-state index in [1.165, 1.54) is 19.5 Å². The third-order valence-electron chi connectivity index (χ3n) is 4.98. The number of halogens is 1. The van der Waals surface area contributed by atoms with E-state index in [1.54, 1.807) is 11.8 Å². The smallest absolute Gasteiger partial charge is 0.251 e. The van der Waals surface area contributed by atoms with Crippen LogP contribution in [0.3, 0.4) is 0 Å². The monoisotopic (exact) mass is 372 g/mol. The molecular weight excluding hydrogens is 352 g/mol. The maximum Gasteiger partial charge on any atom is 0.251 e. The molecule has 2 fully saturated rings. The summed E-state index contributed by atoms with van der Waals surface area (Å²) in [6.07, 6.45) is 2.39. The van der Waals surface area contributed by atoms with Crippen molar-refractivity contribution in [3.63, 3.8) is 0 Å². The van der Waals surface area contributed by atoms with Crippen LogP contribution >= 0.6 is 23.4 Å². The fourth-order valence-corrected chi connectivity index (χ4v) is 4.85. The van der Waals surface area contributed by atoms with Gasteiger partial charge >= 0.3 is 0 Å². The summed E-state index contributed by atoms with van der Waals surface area (Å²) >= 11 is 7.81. The molecule has 3 atom stereocenters. The van der Waals surface area contributed by atoms with E-state index in [4.69, 9.17) is 11.6 Å². The van der Waals surface area contributed by atoms with Crippen LogP contribution in [0.15, 0.2) is 58.3 Å². The molecule has 3 unspecified atom stereocenters. The lowest BCUT2D eigenvalue weighted by Gasteiger charge is -2.30. The van der Waals surface area contributed by atoms with E-state index in [0.717, 1.165) is 39.3 Å². The average Bonchev–Trinajstić information content (AvgIpc) is 2.96. The average molecular weight is 373 g/mol. The van der Waals surface area contributed by atoms with Gasteiger partial charge in [0, 0.05) is 34.5 Å². The third kappa shape index (κ3) is 4.02. The minimum absolute atomic E-state index is 0.0294. The highest BCUT2D eigenvalue weighted by molar-refractivity contribution is 7.99. The van der Waals surface area contributed by atoms with Crippen LogP contribution in [0, 0.1) is 5.92 Å². The molecule has 2 heterocycles. The first-order chi connectivity index (χ1) is 12.2. The summed E-state index contributed by atoms with van der Waals surface area (Å²) in [7, 11) is 0. The lowest BCUT2D eigenvalue weighted by molar-refractivity contribution is 0.0909. The first-order valence-electron chi connectivity index (χ1n) is 8.73. The first kappa shape index (κ1) is 17.0. The zero-order valence-electron chi connectivity index (χ0n) is 14.0. The minimum Gasteiger partial charge on any atom is -0.348 e. The molecule has 2 bridgehead atoms. The zero-order chi connectivity index (χ0) is 17.2. The van der Waals surface area contributed by atoms with Gasteiger partial charge in [0.15, 0.2) is 0 Å². The van der Waals surface area contributed by atoms with Crippen LogP contribution in [0.1, 0.15) is 23.2 Å². The molecule has 2 aliphatic heterocycles. The van der Waals surface area contributed by atoms with Crippen molar-refractivity contribution in [1.82, 2.24) is 10.2 Å². The SMILES string of the molecule is O=C(NC1CC2CCN(C2)C1)c1ccc(Sc2ccccc2Cl)cc1. The number of carbonyl (C=O) groups excluding carboxylic acids is 1. The van der Waals surface area contributed by atoms with Gasteiger partial charge in [-0.05, 0) is 61.7 Å². The van der Waals surface area contributed by atoms with Crippen LogP contribution in [-0.2, 0) is 0 Å². The Balaban J connectivity index is 1.38. The van der Waals surface area contributed by atoms with E-state index in [1.807, 2.05) is 48.5 Å². The van der Waals surface area contributed by atoms with E-state index in [2.05, 4.69) is 10.2 Å². The standard InChI is InChI=1S/C20H21ClN2OS/c21-18-3-1-2-4-19(18)25-17-7-5-15(6-8-17)20(24)22-16-11-14-9-10-23(12-14)13-16/h1-8,14,16H,9-13H2,(H,22,24). The van der Waals surface area contributed by atoms with Crippen molar-refractivity contribution in [2.75, 3.05) is 19.6 Å². The molecule has 0 aromatic heterocycles. The molecule has 130 valence electrons. The maximum absolute atomic E-state index is 12.5. The highest BCUT2D eigenvalue weighted by Crippen LogP contribution is 2.33. The van der Waals surface area contributed by atoms with Crippen molar-refractivity contribution in [2.24, 2.45) is 5.92 Å². The van der Waals surface area contributed by atoms with Crippen molar-refractivity contribution in [2.45, 2.75) is 28.7 Å². The molecule has 0 spiro atoms. The van der Waals surface area contributed by atoms with E-state index in [-0.39, 0.29) is 11.9 Å². The van der Waals surface area contributed by atoms with Crippen LogP contribution < -0.4 is 5.32 Å². The predicted molar refractivity (Wildman–Crippen MR) is 102 cm³/mol. The van der Waals surface area contributed by atoms with Gasteiger partial charge in [-0.15, -0.1) is 0 Å². The van der Waals surface area contributed by atoms with Crippen LogP contribution in [-0.4, -0.2) is 36.5 Å². The number of carbonyl (C=O) groups is 1. The largest absolute Gasteiger partial charge is 0.348 e. The second-order valence-corrected chi connectivity index (χ2v) is 8.40. The molecule has 3 nitrogen and oxygen atoms in total. The summed E-state index contributed by atoms with van der Waals surface area (Å²) in [6, 6.07) is 15.8. The number of hydrogen-bond donors (Lipinski definition) is 1. The lowest BCUT2D eigenvalue weighted by Crippen LogP contribution is -2.47. The molecule has 5 heteroatoms. The van der Waals surface area contributed by atoms with Gasteiger partial charge in [-0.2, -0.15) is 0 Å². The Kier molecular flexibility index (Phi) is 5.02. The van der Waals surface area contributed by atoms with Gasteiger partial charge in [0.2, 0.25) is 0 Å². The van der Waals surface area contributed by atoms with Gasteiger partial charge in [-0.1, -0.05) is 35.5 Å². The molecule has 2 aromatic rings. The van der Waals surface area contributed by atoms with Crippen molar-refractivity contribution in [3.8, 4) is 0 Å². The number of benzene rings is 2. The van der Waals surface area contributed by atoms with Crippen LogP contribution in [0.25, 0.3) is 0 Å². The molecule has 0 radical (unpaired) electrons. The Morgan fingerprint density at radius 1 is 1.12 bits per heavy atom. The van der Waals surface area contributed by atoms with E-state index < -0.39 is 0 Å². The second-order valence-electron chi connectivity index (χ2n) is 6.88. The van der Waals surface area contributed by atoms with E-state index >= 15 is 0 Å². The maximum atomic E-state index is 12.5. The number of hydrogen-bond acceptors (Lipinski definition) is 3. The zero-order valence-corrected chi connectivity index (χ0v) is 15.5. The number of nitrogens with zero attached hydrogens (tertiary/aromatic N) is 1. The lowest BCUT2D eigenvalue weighted by atomic mass is 9.96. The van der Waals surface area contributed by atoms with Crippen LogP contribution in [0.5, 0.6) is 0 Å². The summed E-state index contributed by atoms with van der Waals surface area (Å²) in [4.78, 5) is 17.1. The molecule has 4 rings (SSSR count). The minimum atomic E-state index is 0.0294. The van der Waals surface area contributed by atoms with Crippen molar-refractivity contribution < 1.29 is 4.79 Å². The number of amides is 1. The Morgan fingerprint density at radius 2 is 1.92 bits per heavy atom. The summed E-state index contributed by atoms with van der Waals surface area (Å²) in [6.45, 7) is 3.38. The first-order valence-corrected chi connectivity index (χ1v) is 9.92. The van der Waals surface area contributed by atoms with Gasteiger partial charge in [0.05, 0.1) is 5.02 Å². The fraction of sp³-hybridized carbons (Fsp3) is 0.350. The van der Waals surface area contributed by atoms with Gasteiger partial charge in [0.25, 0.3) is 5.91 Å². The van der Waals surface area contributed by atoms with Crippen LogP contribution in [0.4, 0.5) is 0 Å². The quantitative estimate of drug-likeness (QED) is 0.867. The normalized spacial score (nSPS) is 24.9. The van der Waals surface area contributed by atoms with Crippen molar-refractivity contribution >= 4 is 29.3 Å². The highest BCUT2D eigenvalue weighted by atomic mass is 35.5. The second kappa shape index (κ2) is 7.40. The molecule has 0 saturated carbocycles. The molecule has 2 aromatic carbocycles. The van der Waals surface area contributed by atoms with Gasteiger partial charge in [-0.3, -0.25) is 4.79 Å². The molecule has 2 aliphatic rings. The number of piperidine rings is 1. The fourth-order valence-electron chi connectivity index (χ4n) is 3.76. The highest BCUT2D eigenvalue weighted by Gasteiger charge is 2.32. The van der Waals surface area contributed by atoms with E-state index in [9.17, 15) is 4.79 Å². The molecule has 1 amide bonds. The summed E-state index contributed by atoms with van der Waals surface area (Å²) in [5.41, 5.74) is 0.719. The molecule has 1 N–H and O–H groups in total. The number of fused-ring (bicyclic) bond motifs is 2. The Morgan fingerprint density at radius 3 is 2.68 bits per heavy atom. The Bertz CT molecular complexity index is 753. The number of nitrogens with one attached hydrogen (secondary N) is 1. The van der Waals surface area contributed by atoms with Gasteiger partial charge in [-0.25, -0.2) is 0 Å². The third-order valence-corrected chi connectivity index (χ3v) is 6.51. The van der Waals surface area contributed by atoms with Crippen molar-refractivity contribution in [1.29, 1.82) is 0 Å². The predicted octanol–water partition coefficient (Wildman–Crippen LogP) is 4.32. The van der Waals surface area contributed by atoms with Crippen molar-refractivity contribution in [3.05, 3.63) is 59.1 Å². The van der Waals surface area contributed by atoms with Crippen LogP contribution in [0.2, 0.25) is 5.02 Å². The molecule has 2 saturated heterocycles. The Hall–Kier alpha value is -1.49. The molecule has 25 heavy (non-hydrogen) atoms. The summed E-state index contributed by atoms with van der Waals surface area (Å²) in [5, 5.41) is 3.95. The molecule has 0 aliphatic carbocycles. The Labute approximate surface area is 157 Å². The molecular formula is C20H21ClN2OS.